The highest BCUT2D eigenvalue weighted by Crippen LogP contribution is 2.27. The molecule has 12 heteroatoms. The number of benzene rings is 2. The minimum Gasteiger partial charge on any atom is -0.352 e. The number of hydrogen-bond donors (Lipinski definition) is 0. The van der Waals surface area contributed by atoms with Gasteiger partial charge in [0.05, 0.1) is 19.6 Å². The molecule has 2 aromatic rings. The molecule has 48 heavy (non-hydrogen) atoms. The fourth-order valence-electron chi connectivity index (χ4n) is 4.37. The summed E-state index contributed by atoms with van der Waals surface area (Å²) in [5, 5.41) is 0.832. The minimum absolute atomic E-state index is 0.0304. The number of ether oxygens (including phenoxy) is 4. The van der Waals surface area contributed by atoms with Crippen molar-refractivity contribution in [2.45, 2.75) is 50.1 Å². The van der Waals surface area contributed by atoms with Gasteiger partial charge in [-0.05, 0) is 123 Å². The molecule has 2 aromatic carbocycles. The number of methoxy groups -OCH3 is 4. The van der Waals surface area contributed by atoms with Crippen molar-refractivity contribution in [1.29, 1.82) is 0 Å². The van der Waals surface area contributed by atoms with Gasteiger partial charge in [0.2, 0.25) is 19.7 Å². The van der Waals surface area contributed by atoms with E-state index in [0.717, 1.165) is 0 Å². The molecule has 8 nitrogen and oxygen atoms in total. The van der Waals surface area contributed by atoms with Crippen LogP contribution in [0.4, 0.5) is 0 Å². The number of rotatable bonds is 16. The summed E-state index contributed by atoms with van der Waals surface area (Å²) in [6, 6.07) is 11.8. The molecule has 0 atom stereocenters. The van der Waals surface area contributed by atoms with Gasteiger partial charge in [0.15, 0.2) is 12.6 Å². The Hall–Kier alpha value is -3.06. The van der Waals surface area contributed by atoms with Gasteiger partial charge >= 0.3 is 0 Å². The molecule has 0 radical (unpaired) electrons. The Morgan fingerprint density at radius 2 is 0.833 bits per heavy atom. The Labute approximate surface area is 295 Å². The molecule has 0 saturated carbocycles. The van der Waals surface area contributed by atoms with E-state index in [1.165, 1.54) is 89.1 Å². The normalized spacial score (nSPS) is 14.9. The van der Waals surface area contributed by atoms with E-state index in [9.17, 15) is 16.8 Å². The van der Waals surface area contributed by atoms with E-state index in [-0.39, 0.29) is 19.6 Å². The van der Waals surface area contributed by atoms with Gasteiger partial charge in [-0.15, -0.1) is 0 Å². The van der Waals surface area contributed by atoms with Crippen molar-refractivity contribution in [1.82, 2.24) is 0 Å². The standard InChI is InChI=1S/C36H42Cl2O8S2/c1-25(21-33(23-27(3)35(43-5)44-6)47(39,40)31-17-13-29(37)14-18-31)11-9-10-12-26(2)22-34(24-28(4)36(45-7)46-8)48(41,42)32-19-15-30(38)16-20-32/h9-24,35-36H,1-8H3. The van der Waals surface area contributed by atoms with E-state index < -0.39 is 32.3 Å². The van der Waals surface area contributed by atoms with Crippen LogP contribution in [-0.4, -0.2) is 57.9 Å². The lowest BCUT2D eigenvalue weighted by Gasteiger charge is -2.15. The molecule has 0 aromatic heterocycles. The summed E-state index contributed by atoms with van der Waals surface area (Å²) in [5.74, 6) is 0. The molecule has 2 rings (SSSR count). The minimum atomic E-state index is -3.93. The molecule has 260 valence electrons. The van der Waals surface area contributed by atoms with Crippen molar-refractivity contribution in [3.8, 4) is 0 Å². The molecular formula is C36H42Cl2O8S2. The van der Waals surface area contributed by atoms with Crippen LogP contribution in [0.1, 0.15) is 27.7 Å². The quantitative estimate of drug-likeness (QED) is 0.125. The number of allylic oxidation sites excluding steroid dienone is 10. The van der Waals surface area contributed by atoms with Gasteiger partial charge in [-0.1, -0.05) is 47.5 Å². The fourth-order valence-corrected chi connectivity index (χ4v) is 7.52. The van der Waals surface area contributed by atoms with Crippen molar-refractivity contribution in [3.05, 3.63) is 139 Å². The molecule has 0 fully saturated rings. The monoisotopic (exact) mass is 736 g/mol. The van der Waals surface area contributed by atoms with Crippen LogP contribution in [0.15, 0.2) is 139 Å². The van der Waals surface area contributed by atoms with E-state index >= 15 is 0 Å². The van der Waals surface area contributed by atoms with Crippen LogP contribution in [-0.2, 0) is 38.6 Å². The molecule has 0 N–H and O–H groups in total. The zero-order valence-corrected chi connectivity index (χ0v) is 31.4. The molecule has 0 aliphatic carbocycles. The first-order valence-corrected chi connectivity index (χ1v) is 18.3. The van der Waals surface area contributed by atoms with Crippen LogP contribution >= 0.6 is 23.2 Å². The predicted molar refractivity (Wildman–Crippen MR) is 193 cm³/mol. The molecule has 0 aliphatic heterocycles. The van der Waals surface area contributed by atoms with E-state index in [0.29, 0.717) is 32.3 Å². The third-order valence-corrected chi connectivity index (χ3v) is 10.8. The Bertz CT molecular complexity index is 1690. The Kier molecular flexibility index (Phi) is 16.5. The van der Waals surface area contributed by atoms with E-state index in [1.807, 2.05) is 0 Å². The lowest BCUT2D eigenvalue weighted by molar-refractivity contribution is -0.0748. The average molecular weight is 738 g/mol. The third kappa shape index (κ3) is 11.8. The largest absolute Gasteiger partial charge is 0.352 e. The fraction of sp³-hybridized carbons (Fsp3) is 0.278. The maximum absolute atomic E-state index is 13.6. The van der Waals surface area contributed by atoms with Crippen molar-refractivity contribution >= 4 is 42.9 Å². The molecule has 0 unspecified atom stereocenters. The van der Waals surface area contributed by atoms with Crippen molar-refractivity contribution in [2.75, 3.05) is 28.4 Å². The predicted octanol–water partition coefficient (Wildman–Crippen LogP) is 8.59. The SMILES string of the molecule is COC(OC)C(C)=CC(=CC(C)=CC=CC=C(C)C=C(C=C(C)C(OC)OC)S(=O)(=O)c1ccc(Cl)cc1)S(=O)(=O)c1ccc(Cl)cc1. The third-order valence-electron chi connectivity index (χ3n) is 6.78. The summed E-state index contributed by atoms with van der Waals surface area (Å²) in [6.45, 7) is 6.95. The molecular weight excluding hydrogens is 695 g/mol. The number of sulfone groups is 2. The van der Waals surface area contributed by atoms with Crippen LogP contribution in [0, 0.1) is 0 Å². The Morgan fingerprint density at radius 3 is 1.10 bits per heavy atom. The van der Waals surface area contributed by atoms with E-state index in [2.05, 4.69) is 0 Å². The van der Waals surface area contributed by atoms with E-state index in [1.54, 1.807) is 64.2 Å². The second-order valence-corrected chi connectivity index (χ2v) is 15.4. The molecule has 0 spiro atoms. The second kappa shape index (κ2) is 19.2. The highest BCUT2D eigenvalue weighted by molar-refractivity contribution is 7.95. The van der Waals surface area contributed by atoms with Crippen LogP contribution in [0.3, 0.4) is 0 Å². The van der Waals surface area contributed by atoms with Gasteiger partial charge < -0.3 is 18.9 Å². The number of hydrogen-bond acceptors (Lipinski definition) is 8. The van der Waals surface area contributed by atoms with E-state index in [4.69, 9.17) is 42.1 Å². The first kappa shape index (κ1) is 41.1. The molecule has 0 aliphatic rings. The van der Waals surface area contributed by atoms with Crippen LogP contribution in [0.25, 0.3) is 0 Å². The van der Waals surface area contributed by atoms with Crippen LogP contribution in [0.5, 0.6) is 0 Å². The zero-order valence-electron chi connectivity index (χ0n) is 28.2. The van der Waals surface area contributed by atoms with Gasteiger partial charge in [0, 0.05) is 38.5 Å². The van der Waals surface area contributed by atoms with Gasteiger partial charge in [-0.2, -0.15) is 0 Å². The van der Waals surface area contributed by atoms with Gasteiger partial charge in [-0.25, -0.2) is 16.8 Å². The Morgan fingerprint density at radius 1 is 0.542 bits per heavy atom. The highest BCUT2D eigenvalue weighted by Gasteiger charge is 2.22. The molecule has 0 heterocycles. The molecule has 0 saturated heterocycles. The van der Waals surface area contributed by atoms with Crippen LogP contribution < -0.4 is 0 Å². The molecule has 0 amide bonds. The topological polar surface area (TPSA) is 105 Å². The first-order chi connectivity index (χ1) is 22.6. The van der Waals surface area contributed by atoms with Crippen molar-refractivity contribution < 1.29 is 35.8 Å². The summed E-state index contributed by atoms with van der Waals surface area (Å²) in [5.41, 5.74) is 2.36. The second-order valence-electron chi connectivity index (χ2n) is 10.6. The highest BCUT2D eigenvalue weighted by atomic mass is 35.5. The summed E-state index contributed by atoms with van der Waals surface area (Å²) >= 11 is 12.0. The van der Waals surface area contributed by atoms with Gasteiger partial charge in [0.25, 0.3) is 0 Å². The first-order valence-electron chi connectivity index (χ1n) is 14.5. The summed E-state index contributed by atoms with van der Waals surface area (Å²) in [6.07, 6.45) is 11.5. The average Bonchev–Trinajstić information content (AvgIpc) is 3.04. The zero-order chi connectivity index (χ0) is 36.1. The Balaban J connectivity index is 2.55. The summed E-state index contributed by atoms with van der Waals surface area (Å²) in [7, 11) is -2.00. The van der Waals surface area contributed by atoms with Crippen LogP contribution in [0.2, 0.25) is 10.0 Å². The summed E-state index contributed by atoms with van der Waals surface area (Å²) in [4.78, 5) is 0.224. The van der Waals surface area contributed by atoms with Crippen molar-refractivity contribution in [3.63, 3.8) is 0 Å². The lowest BCUT2D eigenvalue weighted by atomic mass is 10.2. The molecule has 0 bridgehead atoms. The lowest BCUT2D eigenvalue weighted by Crippen LogP contribution is -2.15. The maximum Gasteiger partial charge on any atom is 0.206 e. The van der Waals surface area contributed by atoms with Crippen molar-refractivity contribution in [2.24, 2.45) is 0 Å². The maximum atomic E-state index is 13.6. The summed E-state index contributed by atoms with van der Waals surface area (Å²) < 4.78 is 75.7. The van der Waals surface area contributed by atoms with Gasteiger partial charge in [0.1, 0.15) is 0 Å². The smallest absolute Gasteiger partial charge is 0.206 e. The van der Waals surface area contributed by atoms with Gasteiger partial charge in [-0.3, -0.25) is 0 Å². The number of halogens is 2.